The second kappa shape index (κ2) is 9.82. The second-order valence-corrected chi connectivity index (χ2v) is 7.55. The number of carbonyl (C=O) groups is 1. The highest BCUT2D eigenvalue weighted by Crippen LogP contribution is 2.27. The maximum atomic E-state index is 12.4. The molecular weight excluding hydrogens is 408 g/mol. The lowest BCUT2D eigenvalue weighted by Crippen LogP contribution is -2.21. The summed E-state index contributed by atoms with van der Waals surface area (Å²) in [5.74, 6) is 0.654. The molecule has 4 rings (SSSR count). The predicted molar refractivity (Wildman–Crippen MR) is 122 cm³/mol. The molecule has 1 N–H and O–H groups in total. The van der Waals surface area contributed by atoms with Gasteiger partial charge in [0, 0.05) is 29.2 Å². The molecule has 7 nitrogen and oxygen atoms in total. The van der Waals surface area contributed by atoms with Crippen molar-refractivity contribution >= 4 is 23.4 Å². The Kier molecular flexibility index (Phi) is 6.49. The van der Waals surface area contributed by atoms with E-state index in [9.17, 15) is 4.79 Å². The number of nitrogens with one attached hydrogen (secondary N) is 1. The summed E-state index contributed by atoms with van der Waals surface area (Å²) < 4.78 is 1.96. The Labute approximate surface area is 184 Å². The summed E-state index contributed by atoms with van der Waals surface area (Å²) in [6.45, 7) is 1.82. The van der Waals surface area contributed by atoms with Crippen LogP contribution in [-0.2, 0) is 4.79 Å². The third-order valence-electron chi connectivity index (χ3n) is 4.44. The molecule has 0 saturated heterocycles. The van der Waals surface area contributed by atoms with Crippen molar-refractivity contribution in [2.45, 2.75) is 12.1 Å². The molecule has 0 atom stereocenters. The molecule has 0 aliphatic heterocycles. The zero-order valence-electron chi connectivity index (χ0n) is 16.8. The summed E-state index contributed by atoms with van der Waals surface area (Å²) in [6, 6.07) is 23.4. The van der Waals surface area contributed by atoms with Crippen LogP contribution < -0.4 is 5.43 Å². The predicted octanol–water partition coefficient (Wildman–Crippen LogP) is 3.96. The molecule has 2 aromatic carbocycles. The van der Waals surface area contributed by atoms with Crippen molar-refractivity contribution in [2.24, 2.45) is 5.10 Å². The number of nitrogens with zero attached hydrogens (tertiary/aromatic N) is 5. The van der Waals surface area contributed by atoms with Gasteiger partial charge >= 0.3 is 0 Å². The van der Waals surface area contributed by atoms with Crippen LogP contribution in [0.4, 0.5) is 0 Å². The lowest BCUT2D eigenvalue weighted by molar-refractivity contribution is -0.118. The Balaban J connectivity index is 1.51. The molecular formula is C23H20N6OS. The van der Waals surface area contributed by atoms with E-state index in [1.54, 1.807) is 12.4 Å². The molecule has 4 aromatic rings. The minimum absolute atomic E-state index is 0.156. The van der Waals surface area contributed by atoms with Crippen molar-refractivity contribution in [2.75, 3.05) is 5.75 Å². The van der Waals surface area contributed by atoms with E-state index in [0.29, 0.717) is 10.9 Å². The molecule has 0 aliphatic rings. The standard InChI is InChI=1S/C23H20N6OS/c1-17(19-11-8-14-24-15-19)25-26-21(30)16-31-23-28-27-22(18-9-4-2-5-10-18)29(23)20-12-6-3-7-13-20/h2-15H,16H2,1H3,(H,26,30). The molecule has 8 heteroatoms. The SMILES string of the molecule is CC(=NNC(=O)CSc1nnc(-c2ccccc2)n1-c1ccccc1)c1cccnc1. The number of rotatable bonds is 7. The lowest BCUT2D eigenvalue weighted by atomic mass is 10.2. The van der Waals surface area contributed by atoms with E-state index in [4.69, 9.17) is 0 Å². The van der Waals surface area contributed by atoms with Crippen LogP contribution in [0.3, 0.4) is 0 Å². The molecule has 0 radical (unpaired) electrons. The number of hydrazone groups is 1. The molecule has 0 bridgehead atoms. The van der Waals surface area contributed by atoms with Gasteiger partial charge in [0.25, 0.3) is 5.91 Å². The van der Waals surface area contributed by atoms with E-state index >= 15 is 0 Å². The second-order valence-electron chi connectivity index (χ2n) is 6.61. The maximum Gasteiger partial charge on any atom is 0.250 e. The first kappa shape index (κ1) is 20.5. The number of hydrogen-bond acceptors (Lipinski definition) is 6. The Morgan fingerprint density at radius 2 is 1.74 bits per heavy atom. The zero-order chi connectivity index (χ0) is 21.5. The smallest absolute Gasteiger partial charge is 0.250 e. The number of carbonyl (C=O) groups excluding carboxylic acids is 1. The van der Waals surface area contributed by atoms with Crippen LogP contribution in [-0.4, -0.2) is 37.1 Å². The number of amides is 1. The molecule has 2 aromatic heterocycles. The quantitative estimate of drug-likeness (QED) is 0.274. The van der Waals surface area contributed by atoms with Gasteiger partial charge in [-0.2, -0.15) is 5.10 Å². The van der Waals surface area contributed by atoms with Gasteiger partial charge in [-0.05, 0) is 25.1 Å². The monoisotopic (exact) mass is 428 g/mol. The van der Waals surface area contributed by atoms with Crippen molar-refractivity contribution in [3.8, 4) is 17.1 Å². The number of para-hydroxylation sites is 1. The highest BCUT2D eigenvalue weighted by Gasteiger charge is 2.17. The molecule has 154 valence electrons. The van der Waals surface area contributed by atoms with E-state index in [1.807, 2.05) is 84.3 Å². The Morgan fingerprint density at radius 1 is 1.00 bits per heavy atom. The molecule has 31 heavy (non-hydrogen) atoms. The van der Waals surface area contributed by atoms with Crippen LogP contribution in [0.5, 0.6) is 0 Å². The molecule has 0 unspecified atom stereocenters. The lowest BCUT2D eigenvalue weighted by Gasteiger charge is -2.10. The van der Waals surface area contributed by atoms with Crippen LogP contribution in [0, 0.1) is 0 Å². The summed E-state index contributed by atoms with van der Waals surface area (Å²) in [5, 5.41) is 13.5. The van der Waals surface area contributed by atoms with Crippen molar-refractivity contribution < 1.29 is 4.79 Å². The minimum atomic E-state index is -0.225. The zero-order valence-corrected chi connectivity index (χ0v) is 17.7. The first-order chi connectivity index (χ1) is 15.2. The number of benzene rings is 2. The number of thioether (sulfide) groups is 1. The fraction of sp³-hybridized carbons (Fsp3) is 0.0870. The summed E-state index contributed by atoms with van der Waals surface area (Å²) >= 11 is 1.31. The van der Waals surface area contributed by atoms with Crippen molar-refractivity contribution in [3.05, 3.63) is 90.8 Å². The molecule has 0 spiro atoms. The van der Waals surface area contributed by atoms with Crippen molar-refractivity contribution in [1.82, 2.24) is 25.2 Å². The third-order valence-corrected chi connectivity index (χ3v) is 5.37. The molecule has 0 fully saturated rings. The molecule has 2 heterocycles. The van der Waals surface area contributed by atoms with E-state index in [-0.39, 0.29) is 11.7 Å². The maximum absolute atomic E-state index is 12.4. The largest absolute Gasteiger partial charge is 0.272 e. The van der Waals surface area contributed by atoms with Gasteiger partial charge in [0.05, 0.1) is 11.5 Å². The van der Waals surface area contributed by atoms with E-state index < -0.39 is 0 Å². The average Bonchev–Trinajstić information content (AvgIpc) is 3.27. The van der Waals surface area contributed by atoms with Gasteiger partial charge in [-0.3, -0.25) is 14.3 Å². The first-order valence-electron chi connectivity index (χ1n) is 9.65. The van der Waals surface area contributed by atoms with Gasteiger partial charge in [0.1, 0.15) is 0 Å². The molecule has 0 aliphatic carbocycles. The van der Waals surface area contributed by atoms with E-state index in [0.717, 1.165) is 22.6 Å². The summed E-state index contributed by atoms with van der Waals surface area (Å²) in [4.78, 5) is 16.4. The average molecular weight is 429 g/mol. The topological polar surface area (TPSA) is 85.1 Å². The van der Waals surface area contributed by atoms with E-state index in [1.165, 1.54) is 11.8 Å². The summed E-state index contributed by atoms with van der Waals surface area (Å²) in [6.07, 6.45) is 3.39. The van der Waals surface area contributed by atoms with Gasteiger partial charge in [-0.15, -0.1) is 10.2 Å². The summed E-state index contributed by atoms with van der Waals surface area (Å²) in [5.41, 5.74) is 6.01. The van der Waals surface area contributed by atoms with Crippen molar-refractivity contribution in [3.63, 3.8) is 0 Å². The van der Waals surface area contributed by atoms with Crippen LogP contribution in [0.15, 0.2) is 95.4 Å². The fourth-order valence-electron chi connectivity index (χ4n) is 2.90. The fourth-order valence-corrected chi connectivity index (χ4v) is 3.64. The highest BCUT2D eigenvalue weighted by atomic mass is 32.2. The van der Waals surface area contributed by atoms with Crippen LogP contribution in [0.1, 0.15) is 12.5 Å². The van der Waals surface area contributed by atoms with Gasteiger partial charge in [-0.25, -0.2) is 5.43 Å². The van der Waals surface area contributed by atoms with Gasteiger partial charge in [0.15, 0.2) is 11.0 Å². The van der Waals surface area contributed by atoms with E-state index in [2.05, 4.69) is 25.7 Å². The number of hydrogen-bond donors (Lipinski definition) is 1. The molecule has 1 amide bonds. The van der Waals surface area contributed by atoms with Crippen LogP contribution in [0.2, 0.25) is 0 Å². The number of aromatic nitrogens is 4. The van der Waals surface area contributed by atoms with Crippen LogP contribution >= 0.6 is 11.8 Å². The van der Waals surface area contributed by atoms with Crippen molar-refractivity contribution in [1.29, 1.82) is 0 Å². The first-order valence-corrected chi connectivity index (χ1v) is 10.6. The minimum Gasteiger partial charge on any atom is -0.272 e. The van der Waals surface area contributed by atoms with Gasteiger partial charge in [0.2, 0.25) is 0 Å². The Bertz CT molecular complexity index is 1180. The third kappa shape index (κ3) is 5.04. The highest BCUT2D eigenvalue weighted by molar-refractivity contribution is 7.99. The van der Waals surface area contributed by atoms with Gasteiger partial charge in [-0.1, -0.05) is 66.4 Å². The number of pyridine rings is 1. The van der Waals surface area contributed by atoms with Gasteiger partial charge < -0.3 is 0 Å². The van der Waals surface area contributed by atoms with Crippen LogP contribution in [0.25, 0.3) is 17.1 Å². The Hall–Kier alpha value is -3.78. The Morgan fingerprint density at radius 3 is 2.45 bits per heavy atom. The normalized spacial score (nSPS) is 11.3. The molecule has 0 saturated carbocycles. The summed E-state index contributed by atoms with van der Waals surface area (Å²) in [7, 11) is 0.